The van der Waals surface area contributed by atoms with Crippen molar-refractivity contribution in [3.05, 3.63) is 34.7 Å². The molecule has 1 saturated heterocycles. The van der Waals surface area contributed by atoms with E-state index < -0.39 is 17.1 Å². The zero-order valence-corrected chi connectivity index (χ0v) is 15.3. The van der Waals surface area contributed by atoms with Gasteiger partial charge < -0.3 is 9.47 Å². The van der Waals surface area contributed by atoms with Crippen LogP contribution in [0.1, 0.15) is 32.8 Å². The van der Waals surface area contributed by atoms with Crippen molar-refractivity contribution in [1.29, 1.82) is 0 Å². The van der Waals surface area contributed by atoms with E-state index in [1.54, 1.807) is 19.1 Å². The van der Waals surface area contributed by atoms with Gasteiger partial charge in [-0.25, -0.2) is 0 Å². The summed E-state index contributed by atoms with van der Waals surface area (Å²) in [6, 6.07) is 7.23. The normalized spacial score (nSPS) is 17.1. The molecule has 0 aromatic heterocycles. The number of ether oxygens (including phenoxy) is 2. The van der Waals surface area contributed by atoms with Crippen molar-refractivity contribution >= 4 is 35.0 Å². The number of imide groups is 1. The van der Waals surface area contributed by atoms with Gasteiger partial charge in [-0.3, -0.25) is 19.3 Å². The third kappa shape index (κ3) is 5.09. The number of hydrogen-bond donors (Lipinski definition) is 0. The molecule has 134 valence electrons. The summed E-state index contributed by atoms with van der Waals surface area (Å²) in [6.45, 7) is 5.70. The maximum absolute atomic E-state index is 12.4. The highest BCUT2D eigenvalue weighted by molar-refractivity contribution is 8.18. The van der Waals surface area contributed by atoms with Gasteiger partial charge in [-0.15, -0.1) is 0 Å². The summed E-state index contributed by atoms with van der Waals surface area (Å²) in [7, 11) is 0. The van der Waals surface area contributed by atoms with Gasteiger partial charge in [0, 0.05) is 0 Å². The molecule has 1 aromatic carbocycles. The fourth-order valence-electron chi connectivity index (χ4n) is 2.12. The van der Waals surface area contributed by atoms with Gasteiger partial charge in [-0.05, 0) is 55.8 Å². The van der Waals surface area contributed by atoms with Crippen LogP contribution in [0.5, 0.6) is 5.75 Å². The summed E-state index contributed by atoms with van der Waals surface area (Å²) < 4.78 is 10.5. The summed E-state index contributed by atoms with van der Waals surface area (Å²) in [6.07, 6.45) is 2.04. The van der Waals surface area contributed by atoms with Gasteiger partial charge in [0.15, 0.2) is 0 Å². The Morgan fingerprint density at radius 2 is 2.08 bits per heavy atom. The molecular formula is C18H21NO5S. The minimum absolute atomic E-state index is 0.246. The molecule has 0 aliphatic carbocycles. The van der Waals surface area contributed by atoms with Crippen LogP contribution in [0.25, 0.3) is 6.08 Å². The van der Waals surface area contributed by atoms with Gasteiger partial charge in [-0.1, -0.05) is 19.1 Å². The third-order valence-electron chi connectivity index (χ3n) is 3.54. The topological polar surface area (TPSA) is 72.9 Å². The predicted molar refractivity (Wildman–Crippen MR) is 96.1 cm³/mol. The SMILES string of the molecule is CCOc1cccc(/C=C2\SC(=O)N(CC(=O)O[C@@H](C)CC)C2=O)c1. The lowest BCUT2D eigenvalue weighted by molar-refractivity contribution is -0.150. The van der Waals surface area contributed by atoms with E-state index in [-0.39, 0.29) is 17.6 Å². The molecule has 1 heterocycles. The molecule has 0 spiro atoms. The Kier molecular flexibility index (Phi) is 6.64. The van der Waals surface area contributed by atoms with E-state index in [1.165, 1.54) is 0 Å². The number of carbonyl (C=O) groups excluding carboxylic acids is 3. The molecule has 0 bridgehead atoms. The second-order valence-corrected chi connectivity index (χ2v) is 6.48. The Morgan fingerprint density at radius 1 is 1.32 bits per heavy atom. The highest BCUT2D eigenvalue weighted by atomic mass is 32.2. The van der Waals surface area contributed by atoms with Crippen molar-refractivity contribution < 1.29 is 23.9 Å². The van der Waals surface area contributed by atoms with Crippen LogP contribution in [0.15, 0.2) is 29.2 Å². The molecule has 6 nitrogen and oxygen atoms in total. The Labute approximate surface area is 151 Å². The first-order valence-corrected chi connectivity index (χ1v) is 8.94. The van der Waals surface area contributed by atoms with E-state index in [9.17, 15) is 14.4 Å². The minimum atomic E-state index is -0.587. The Bertz CT molecular complexity index is 700. The minimum Gasteiger partial charge on any atom is -0.494 e. The van der Waals surface area contributed by atoms with Gasteiger partial charge in [-0.2, -0.15) is 0 Å². The number of rotatable bonds is 7. The Balaban J connectivity index is 2.09. The number of amides is 2. The molecule has 2 amide bonds. The smallest absolute Gasteiger partial charge is 0.326 e. The lowest BCUT2D eigenvalue weighted by Crippen LogP contribution is -2.35. The van der Waals surface area contributed by atoms with Crippen LogP contribution < -0.4 is 4.74 Å². The molecule has 1 atom stereocenters. The van der Waals surface area contributed by atoms with Gasteiger partial charge in [0.25, 0.3) is 11.1 Å². The van der Waals surface area contributed by atoms with Gasteiger partial charge in [0.1, 0.15) is 12.3 Å². The van der Waals surface area contributed by atoms with Crippen LogP contribution >= 0.6 is 11.8 Å². The number of thioether (sulfide) groups is 1. The highest BCUT2D eigenvalue weighted by Gasteiger charge is 2.36. The largest absolute Gasteiger partial charge is 0.494 e. The molecule has 25 heavy (non-hydrogen) atoms. The van der Waals surface area contributed by atoms with E-state index in [0.29, 0.717) is 18.8 Å². The van der Waals surface area contributed by atoms with Crippen LogP contribution in [0.2, 0.25) is 0 Å². The van der Waals surface area contributed by atoms with Crippen molar-refractivity contribution in [2.45, 2.75) is 33.3 Å². The molecule has 1 aromatic rings. The zero-order valence-electron chi connectivity index (χ0n) is 14.5. The first-order chi connectivity index (χ1) is 11.9. The van der Waals surface area contributed by atoms with Crippen molar-refractivity contribution in [1.82, 2.24) is 4.90 Å². The molecular weight excluding hydrogens is 342 g/mol. The Hall–Kier alpha value is -2.28. The van der Waals surface area contributed by atoms with E-state index in [2.05, 4.69) is 0 Å². The molecule has 2 rings (SSSR count). The molecule has 1 aliphatic heterocycles. The molecule has 0 radical (unpaired) electrons. The monoisotopic (exact) mass is 363 g/mol. The summed E-state index contributed by atoms with van der Waals surface area (Å²) in [5.41, 5.74) is 0.749. The number of benzene rings is 1. The van der Waals surface area contributed by atoms with Crippen molar-refractivity contribution in [2.75, 3.05) is 13.2 Å². The van der Waals surface area contributed by atoms with Crippen molar-refractivity contribution in [3.8, 4) is 5.75 Å². The van der Waals surface area contributed by atoms with Crippen LogP contribution in [0.3, 0.4) is 0 Å². The van der Waals surface area contributed by atoms with Crippen LogP contribution in [0, 0.1) is 0 Å². The van der Waals surface area contributed by atoms with Crippen LogP contribution in [-0.4, -0.2) is 41.3 Å². The van der Waals surface area contributed by atoms with Crippen molar-refractivity contribution in [3.63, 3.8) is 0 Å². The Morgan fingerprint density at radius 3 is 2.76 bits per heavy atom. The van der Waals surface area contributed by atoms with Crippen molar-refractivity contribution in [2.24, 2.45) is 0 Å². The molecule has 0 N–H and O–H groups in total. The summed E-state index contributed by atoms with van der Waals surface area (Å²) in [5.74, 6) is -0.387. The summed E-state index contributed by atoms with van der Waals surface area (Å²) in [5, 5.41) is -0.474. The molecule has 1 fully saturated rings. The number of esters is 1. The van der Waals surface area contributed by atoms with Crippen LogP contribution in [0.4, 0.5) is 4.79 Å². The maximum atomic E-state index is 12.4. The number of nitrogens with zero attached hydrogens (tertiary/aromatic N) is 1. The second-order valence-electron chi connectivity index (χ2n) is 5.48. The maximum Gasteiger partial charge on any atom is 0.326 e. The standard InChI is InChI=1S/C18H21NO5S/c1-4-12(3)24-16(20)11-19-17(21)15(25-18(19)22)10-13-7-6-8-14(9-13)23-5-2/h6-10,12H,4-5,11H2,1-3H3/b15-10-/t12-/m0/s1. The first-order valence-electron chi connectivity index (χ1n) is 8.12. The molecule has 7 heteroatoms. The van der Waals surface area contributed by atoms with Gasteiger partial charge in [0.05, 0.1) is 17.6 Å². The number of carbonyl (C=O) groups is 3. The average Bonchev–Trinajstić information content (AvgIpc) is 2.83. The van der Waals surface area contributed by atoms with Gasteiger partial charge >= 0.3 is 5.97 Å². The van der Waals surface area contributed by atoms with E-state index in [1.807, 2.05) is 32.0 Å². The fraction of sp³-hybridized carbons (Fsp3) is 0.389. The first kappa shape index (κ1) is 19.1. The van der Waals surface area contributed by atoms with E-state index >= 15 is 0 Å². The highest BCUT2D eigenvalue weighted by Crippen LogP contribution is 2.32. The fourth-order valence-corrected chi connectivity index (χ4v) is 2.96. The molecule has 0 unspecified atom stereocenters. The second kappa shape index (κ2) is 8.71. The third-order valence-corrected chi connectivity index (χ3v) is 4.44. The lowest BCUT2D eigenvalue weighted by atomic mass is 10.2. The molecule has 0 saturated carbocycles. The average molecular weight is 363 g/mol. The molecule has 1 aliphatic rings. The summed E-state index contributed by atoms with van der Waals surface area (Å²) >= 11 is 0.812. The number of hydrogen-bond acceptors (Lipinski definition) is 6. The summed E-state index contributed by atoms with van der Waals surface area (Å²) in [4.78, 5) is 37.4. The van der Waals surface area contributed by atoms with Crippen LogP contribution in [-0.2, 0) is 14.3 Å². The van der Waals surface area contributed by atoms with E-state index in [4.69, 9.17) is 9.47 Å². The predicted octanol–water partition coefficient (Wildman–Crippen LogP) is 3.46. The zero-order chi connectivity index (χ0) is 18.4. The van der Waals surface area contributed by atoms with Gasteiger partial charge in [0.2, 0.25) is 0 Å². The lowest BCUT2D eigenvalue weighted by Gasteiger charge is -2.14. The quantitative estimate of drug-likeness (QED) is 0.546. The van der Waals surface area contributed by atoms with E-state index in [0.717, 1.165) is 22.2 Å².